The third-order valence-electron chi connectivity index (χ3n) is 3.68. The Morgan fingerprint density at radius 2 is 1.79 bits per heavy atom. The third kappa shape index (κ3) is 4.99. The topological polar surface area (TPSA) is 59.6 Å². The van der Waals surface area contributed by atoms with Crippen LogP contribution in [0.4, 0.5) is 10.5 Å². The lowest BCUT2D eigenvalue weighted by Crippen LogP contribution is -2.33. The molecule has 0 aromatic heterocycles. The summed E-state index contributed by atoms with van der Waals surface area (Å²) in [5.74, 6) is 0.759. The Hall–Kier alpha value is -2.53. The number of urea groups is 1. The summed E-state index contributed by atoms with van der Waals surface area (Å²) in [6, 6.07) is 13.3. The van der Waals surface area contributed by atoms with Gasteiger partial charge in [-0.3, -0.25) is 0 Å². The van der Waals surface area contributed by atoms with Gasteiger partial charge in [-0.15, -0.1) is 0 Å². The van der Waals surface area contributed by atoms with Gasteiger partial charge in [0.2, 0.25) is 0 Å². The molecule has 0 bridgehead atoms. The van der Waals surface area contributed by atoms with Crippen molar-refractivity contribution in [2.45, 2.75) is 20.0 Å². The Bertz CT molecular complexity index is 681. The maximum Gasteiger partial charge on any atom is 0.319 e. The standard InChI is InChI=1S/C19H24N2O3/c1-13-8-14(2)10-16(9-13)21-19(22)20-12-18(24-4)15-6-5-7-17(11-15)23-3/h5-11,18H,12H2,1-4H3,(H2,20,21,22). The molecule has 0 saturated carbocycles. The van der Waals surface area contributed by atoms with Crippen LogP contribution in [0.1, 0.15) is 22.8 Å². The summed E-state index contributed by atoms with van der Waals surface area (Å²) in [6.07, 6.45) is -0.245. The summed E-state index contributed by atoms with van der Waals surface area (Å²) in [5.41, 5.74) is 3.94. The second kappa shape index (κ2) is 8.36. The molecule has 2 N–H and O–H groups in total. The van der Waals surface area contributed by atoms with Crippen molar-refractivity contribution in [3.05, 3.63) is 59.2 Å². The van der Waals surface area contributed by atoms with E-state index in [0.29, 0.717) is 6.54 Å². The number of methoxy groups -OCH3 is 2. The molecule has 128 valence electrons. The molecule has 5 heteroatoms. The van der Waals surface area contributed by atoms with Crippen molar-refractivity contribution >= 4 is 11.7 Å². The minimum absolute atomic E-state index is 0.245. The molecule has 0 aliphatic heterocycles. The van der Waals surface area contributed by atoms with E-state index in [-0.39, 0.29) is 12.1 Å². The van der Waals surface area contributed by atoms with Crippen molar-refractivity contribution in [2.75, 3.05) is 26.1 Å². The van der Waals surface area contributed by atoms with Gasteiger partial charge in [0.15, 0.2) is 0 Å². The van der Waals surface area contributed by atoms with Crippen LogP contribution < -0.4 is 15.4 Å². The van der Waals surface area contributed by atoms with E-state index in [1.165, 1.54) is 0 Å². The molecule has 2 aromatic carbocycles. The second-order valence-electron chi connectivity index (χ2n) is 5.71. The Kier molecular flexibility index (Phi) is 6.21. The molecule has 1 unspecified atom stereocenters. The van der Waals surface area contributed by atoms with Crippen LogP contribution in [-0.4, -0.2) is 26.8 Å². The highest BCUT2D eigenvalue weighted by molar-refractivity contribution is 5.89. The number of hydrogen-bond acceptors (Lipinski definition) is 3. The highest BCUT2D eigenvalue weighted by Gasteiger charge is 2.13. The van der Waals surface area contributed by atoms with Crippen LogP contribution in [0.3, 0.4) is 0 Å². The number of ether oxygens (including phenoxy) is 2. The summed E-state index contributed by atoms with van der Waals surface area (Å²) < 4.78 is 10.7. The summed E-state index contributed by atoms with van der Waals surface area (Å²) in [5, 5.41) is 5.69. The number of carbonyl (C=O) groups excluding carboxylic acids is 1. The lowest BCUT2D eigenvalue weighted by molar-refractivity contribution is 0.104. The van der Waals surface area contributed by atoms with Gasteiger partial charge in [-0.05, 0) is 54.8 Å². The van der Waals surface area contributed by atoms with Crippen LogP contribution in [0.5, 0.6) is 5.75 Å². The van der Waals surface area contributed by atoms with E-state index < -0.39 is 0 Å². The van der Waals surface area contributed by atoms with Gasteiger partial charge in [0, 0.05) is 19.3 Å². The number of nitrogens with one attached hydrogen (secondary N) is 2. The van der Waals surface area contributed by atoms with Gasteiger partial charge in [0.1, 0.15) is 5.75 Å². The molecule has 5 nitrogen and oxygen atoms in total. The average Bonchev–Trinajstić information content (AvgIpc) is 2.54. The molecule has 0 saturated heterocycles. The maximum absolute atomic E-state index is 12.1. The maximum atomic E-state index is 12.1. The first-order valence-electron chi connectivity index (χ1n) is 7.81. The number of carbonyl (C=O) groups is 1. The molecule has 24 heavy (non-hydrogen) atoms. The summed E-state index contributed by atoms with van der Waals surface area (Å²) in [7, 11) is 3.24. The molecule has 1 atom stereocenters. The number of benzene rings is 2. The molecule has 0 heterocycles. The van der Waals surface area contributed by atoms with Crippen molar-refractivity contribution < 1.29 is 14.3 Å². The van der Waals surface area contributed by atoms with Gasteiger partial charge in [-0.1, -0.05) is 18.2 Å². The number of aryl methyl sites for hydroxylation is 2. The Balaban J connectivity index is 1.95. The number of hydrogen-bond donors (Lipinski definition) is 2. The van der Waals surface area contributed by atoms with Gasteiger partial charge in [-0.25, -0.2) is 4.79 Å². The van der Waals surface area contributed by atoms with E-state index >= 15 is 0 Å². The van der Waals surface area contributed by atoms with E-state index in [2.05, 4.69) is 16.7 Å². The van der Waals surface area contributed by atoms with Gasteiger partial charge >= 0.3 is 6.03 Å². The lowest BCUT2D eigenvalue weighted by atomic mass is 10.1. The molecular weight excluding hydrogens is 304 g/mol. The Morgan fingerprint density at radius 3 is 2.42 bits per heavy atom. The van der Waals surface area contributed by atoms with Crippen molar-refractivity contribution in [1.29, 1.82) is 0 Å². The molecule has 2 rings (SSSR count). The molecule has 0 spiro atoms. The van der Waals surface area contributed by atoms with Crippen LogP contribution in [0, 0.1) is 13.8 Å². The smallest absolute Gasteiger partial charge is 0.319 e. The quantitative estimate of drug-likeness (QED) is 0.847. The fourth-order valence-corrected chi connectivity index (χ4v) is 2.59. The fourth-order valence-electron chi connectivity index (χ4n) is 2.59. The van der Waals surface area contributed by atoms with E-state index in [0.717, 1.165) is 28.1 Å². The predicted molar refractivity (Wildman–Crippen MR) is 95.7 cm³/mol. The van der Waals surface area contributed by atoms with Crippen LogP contribution in [0.2, 0.25) is 0 Å². The van der Waals surface area contributed by atoms with E-state index in [4.69, 9.17) is 9.47 Å². The number of amides is 2. The van der Waals surface area contributed by atoms with E-state index in [1.54, 1.807) is 14.2 Å². The van der Waals surface area contributed by atoms with Crippen molar-refractivity contribution in [3.8, 4) is 5.75 Å². The van der Waals surface area contributed by atoms with Crippen LogP contribution in [0.25, 0.3) is 0 Å². The Labute approximate surface area is 143 Å². The van der Waals surface area contributed by atoms with Crippen LogP contribution >= 0.6 is 0 Å². The van der Waals surface area contributed by atoms with Crippen LogP contribution in [0.15, 0.2) is 42.5 Å². The zero-order valence-electron chi connectivity index (χ0n) is 14.6. The van der Waals surface area contributed by atoms with Crippen LogP contribution in [-0.2, 0) is 4.74 Å². The lowest BCUT2D eigenvalue weighted by Gasteiger charge is -2.17. The molecule has 2 amide bonds. The zero-order valence-corrected chi connectivity index (χ0v) is 14.6. The second-order valence-corrected chi connectivity index (χ2v) is 5.71. The monoisotopic (exact) mass is 328 g/mol. The van der Waals surface area contributed by atoms with Crippen molar-refractivity contribution in [1.82, 2.24) is 5.32 Å². The van der Waals surface area contributed by atoms with E-state index in [1.807, 2.05) is 50.2 Å². The van der Waals surface area contributed by atoms with Gasteiger partial charge in [0.25, 0.3) is 0 Å². The zero-order chi connectivity index (χ0) is 17.5. The molecule has 0 radical (unpaired) electrons. The minimum Gasteiger partial charge on any atom is -0.497 e. The highest BCUT2D eigenvalue weighted by atomic mass is 16.5. The average molecular weight is 328 g/mol. The van der Waals surface area contributed by atoms with Crippen molar-refractivity contribution in [3.63, 3.8) is 0 Å². The predicted octanol–water partition coefficient (Wildman–Crippen LogP) is 3.82. The first-order valence-corrected chi connectivity index (χ1v) is 7.81. The SMILES string of the molecule is COc1cccc(C(CNC(=O)Nc2cc(C)cc(C)c2)OC)c1. The summed E-state index contributed by atoms with van der Waals surface area (Å²) in [6.45, 7) is 4.36. The molecule has 0 fully saturated rings. The van der Waals surface area contributed by atoms with E-state index in [9.17, 15) is 4.79 Å². The molecule has 0 aliphatic rings. The normalized spacial score (nSPS) is 11.7. The molecule has 0 aliphatic carbocycles. The van der Waals surface area contributed by atoms with Gasteiger partial charge in [-0.2, -0.15) is 0 Å². The molecule has 2 aromatic rings. The largest absolute Gasteiger partial charge is 0.497 e. The van der Waals surface area contributed by atoms with Crippen molar-refractivity contribution in [2.24, 2.45) is 0 Å². The first-order chi connectivity index (χ1) is 11.5. The Morgan fingerprint density at radius 1 is 1.08 bits per heavy atom. The number of rotatable bonds is 6. The minimum atomic E-state index is -0.259. The highest BCUT2D eigenvalue weighted by Crippen LogP contribution is 2.21. The summed E-state index contributed by atoms with van der Waals surface area (Å²) >= 11 is 0. The number of anilines is 1. The summed E-state index contributed by atoms with van der Waals surface area (Å²) in [4.78, 5) is 12.1. The fraction of sp³-hybridized carbons (Fsp3) is 0.316. The van der Waals surface area contributed by atoms with Gasteiger partial charge < -0.3 is 20.1 Å². The third-order valence-corrected chi connectivity index (χ3v) is 3.68. The first kappa shape index (κ1) is 17.8. The molecular formula is C19H24N2O3. The van der Waals surface area contributed by atoms with Gasteiger partial charge in [0.05, 0.1) is 13.2 Å².